The van der Waals surface area contributed by atoms with Crippen LogP contribution in [-0.2, 0) is 4.74 Å². The number of ether oxygens (including phenoxy) is 1. The first-order chi connectivity index (χ1) is 7.13. The Hall–Kier alpha value is -1.62. The summed E-state index contributed by atoms with van der Waals surface area (Å²) in [6, 6.07) is 5.55. The lowest BCUT2D eigenvalue weighted by Gasteiger charge is -1.91. The van der Waals surface area contributed by atoms with Crippen LogP contribution >= 0.6 is 0 Å². The highest BCUT2D eigenvalue weighted by Gasteiger charge is 2.09. The summed E-state index contributed by atoms with van der Waals surface area (Å²) in [6.45, 7) is 5.67. The molecular formula is C10H15NO4. The third-order valence-electron chi connectivity index (χ3n) is 1.49. The zero-order chi connectivity index (χ0) is 11.7. The first-order valence-corrected chi connectivity index (χ1v) is 4.63. The van der Waals surface area contributed by atoms with Crippen molar-refractivity contribution < 1.29 is 14.8 Å². The number of phenolic OH excluding ortho intramolecular Hbond substituents is 1. The van der Waals surface area contributed by atoms with Crippen LogP contribution in [0.2, 0.25) is 0 Å². The second kappa shape index (κ2) is 7.75. The van der Waals surface area contributed by atoms with Crippen LogP contribution in [0, 0.1) is 10.1 Å². The van der Waals surface area contributed by atoms with Gasteiger partial charge in [0.2, 0.25) is 0 Å². The average Bonchev–Trinajstić information content (AvgIpc) is 2.20. The van der Waals surface area contributed by atoms with Gasteiger partial charge < -0.3 is 9.84 Å². The van der Waals surface area contributed by atoms with E-state index in [2.05, 4.69) is 0 Å². The van der Waals surface area contributed by atoms with Gasteiger partial charge in [0, 0.05) is 19.3 Å². The van der Waals surface area contributed by atoms with E-state index in [-0.39, 0.29) is 11.4 Å². The first kappa shape index (κ1) is 13.4. The largest absolute Gasteiger partial charge is 0.502 e. The van der Waals surface area contributed by atoms with Crippen LogP contribution < -0.4 is 0 Å². The molecule has 0 atom stereocenters. The van der Waals surface area contributed by atoms with E-state index in [0.29, 0.717) is 0 Å². The normalized spacial score (nSPS) is 8.93. The molecule has 0 saturated carbocycles. The van der Waals surface area contributed by atoms with Crippen molar-refractivity contribution in [3.8, 4) is 5.75 Å². The van der Waals surface area contributed by atoms with Gasteiger partial charge in [-0.2, -0.15) is 0 Å². The molecule has 0 aliphatic carbocycles. The maximum Gasteiger partial charge on any atom is 0.310 e. The number of aromatic hydroxyl groups is 1. The minimum Gasteiger partial charge on any atom is -0.502 e. The number of nitro benzene ring substituents is 1. The third kappa shape index (κ3) is 5.64. The zero-order valence-corrected chi connectivity index (χ0v) is 8.84. The Morgan fingerprint density at radius 3 is 2.13 bits per heavy atom. The van der Waals surface area contributed by atoms with Crippen LogP contribution in [0.5, 0.6) is 5.75 Å². The highest BCUT2D eigenvalue weighted by molar-refractivity contribution is 5.44. The van der Waals surface area contributed by atoms with Gasteiger partial charge >= 0.3 is 5.69 Å². The van der Waals surface area contributed by atoms with E-state index in [0.717, 1.165) is 13.2 Å². The van der Waals surface area contributed by atoms with Crippen LogP contribution in [-0.4, -0.2) is 23.2 Å². The number of para-hydroxylation sites is 2. The molecule has 0 aromatic heterocycles. The molecule has 0 aliphatic rings. The Morgan fingerprint density at radius 1 is 1.33 bits per heavy atom. The molecule has 5 heteroatoms. The molecule has 0 fully saturated rings. The maximum absolute atomic E-state index is 10.1. The van der Waals surface area contributed by atoms with Crippen molar-refractivity contribution >= 4 is 5.69 Å². The van der Waals surface area contributed by atoms with Gasteiger partial charge in [-0.15, -0.1) is 0 Å². The van der Waals surface area contributed by atoms with Crippen molar-refractivity contribution in [3.63, 3.8) is 0 Å². The molecule has 0 bridgehead atoms. The van der Waals surface area contributed by atoms with Gasteiger partial charge in [-0.25, -0.2) is 0 Å². The number of benzene rings is 1. The second-order valence-corrected chi connectivity index (χ2v) is 2.53. The molecule has 0 saturated heterocycles. The Bertz CT molecular complexity index is 299. The van der Waals surface area contributed by atoms with E-state index in [1.54, 1.807) is 0 Å². The molecule has 0 aliphatic heterocycles. The predicted octanol–water partition coefficient (Wildman–Crippen LogP) is 2.34. The molecule has 1 aromatic carbocycles. The van der Waals surface area contributed by atoms with Crippen LogP contribution in [0.25, 0.3) is 0 Å². The lowest BCUT2D eigenvalue weighted by atomic mass is 10.3. The smallest absolute Gasteiger partial charge is 0.310 e. The molecule has 1 aromatic rings. The molecule has 0 unspecified atom stereocenters. The lowest BCUT2D eigenvalue weighted by molar-refractivity contribution is -0.385. The van der Waals surface area contributed by atoms with E-state index in [1.165, 1.54) is 24.3 Å². The fourth-order valence-electron chi connectivity index (χ4n) is 0.823. The summed E-state index contributed by atoms with van der Waals surface area (Å²) in [5, 5.41) is 18.9. The molecule has 0 spiro atoms. The van der Waals surface area contributed by atoms with Crippen LogP contribution in [0.1, 0.15) is 13.8 Å². The van der Waals surface area contributed by atoms with Gasteiger partial charge in [-0.3, -0.25) is 10.1 Å². The van der Waals surface area contributed by atoms with Crippen molar-refractivity contribution in [1.82, 2.24) is 0 Å². The van der Waals surface area contributed by atoms with Crippen LogP contribution in [0.15, 0.2) is 24.3 Å². The van der Waals surface area contributed by atoms with Crippen molar-refractivity contribution in [1.29, 1.82) is 0 Å². The third-order valence-corrected chi connectivity index (χ3v) is 1.49. The van der Waals surface area contributed by atoms with Crippen molar-refractivity contribution in [2.24, 2.45) is 0 Å². The van der Waals surface area contributed by atoms with E-state index in [1.807, 2.05) is 13.8 Å². The topological polar surface area (TPSA) is 72.6 Å². The van der Waals surface area contributed by atoms with Gasteiger partial charge in [-0.05, 0) is 19.9 Å². The van der Waals surface area contributed by atoms with Crippen molar-refractivity contribution in [2.45, 2.75) is 13.8 Å². The molecular weight excluding hydrogens is 198 g/mol. The molecule has 0 radical (unpaired) electrons. The summed E-state index contributed by atoms with van der Waals surface area (Å²) in [5.74, 6) is -0.299. The molecule has 1 N–H and O–H groups in total. The summed E-state index contributed by atoms with van der Waals surface area (Å²) in [5.41, 5.74) is -0.262. The second-order valence-electron chi connectivity index (χ2n) is 2.53. The number of phenols is 1. The highest BCUT2D eigenvalue weighted by Crippen LogP contribution is 2.23. The van der Waals surface area contributed by atoms with E-state index in [4.69, 9.17) is 9.84 Å². The first-order valence-electron chi connectivity index (χ1n) is 4.63. The van der Waals surface area contributed by atoms with Crippen molar-refractivity contribution in [2.75, 3.05) is 13.2 Å². The number of nitrogens with zero attached hydrogens (tertiary/aromatic N) is 1. The Balaban J connectivity index is 0.000000336. The summed E-state index contributed by atoms with van der Waals surface area (Å²) in [6.07, 6.45) is 0. The molecule has 84 valence electrons. The van der Waals surface area contributed by atoms with Gasteiger partial charge in [0.1, 0.15) is 0 Å². The minimum absolute atomic E-state index is 0.262. The number of rotatable bonds is 3. The van der Waals surface area contributed by atoms with Gasteiger partial charge in [0.15, 0.2) is 5.75 Å². The Kier molecular flexibility index (Phi) is 6.92. The predicted molar refractivity (Wildman–Crippen MR) is 56.9 cm³/mol. The lowest BCUT2D eigenvalue weighted by Crippen LogP contribution is -1.86. The average molecular weight is 213 g/mol. The van der Waals surface area contributed by atoms with Gasteiger partial charge in [-0.1, -0.05) is 12.1 Å². The fraction of sp³-hybridized carbons (Fsp3) is 0.400. The van der Waals surface area contributed by atoms with E-state index >= 15 is 0 Å². The quantitative estimate of drug-likeness (QED) is 0.617. The number of hydrogen-bond donors (Lipinski definition) is 1. The summed E-state index contributed by atoms with van der Waals surface area (Å²) >= 11 is 0. The molecule has 0 amide bonds. The van der Waals surface area contributed by atoms with Crippen LogP contribution in [0.3, 0.4) is 0 Å². The molecule has 5 nitrogen and oxygen atoms in total. The fourth-order valence-corrected chi connectivity index (χ4v) is 0.823. The van der Waals surface area contributed by atoms with Gasteiger partial charge in [0.05, 0.1) is 4.92 Å². The van der Waals surface area contributed by atoms with E-state index < -0.39 is 4.92 Å². The SMILES string of the molecule is CCOCC.O=[N+]([O-])c1ccccc1O. The number of hydrogen-bond acceptors (Lipinski definition) is 4. The highest BCUT2D eigenvalue weighted by atomic mass is 16.6. The zero-order valence-electron chi connectivity index (χ0n) is 8.84. The molecule has 1 rings (SSSR count). The van der Waals surface area contributed by atoms with E-state index in [9.17, 15) is 10.1 Å². The minimum atomic E-state index is -0.630. The van der Waals surface area contributed by atoms with Gasteiger partial charge in [0.25, 0.3) is 0 Å². The van der Waals surface area contributed by atoms with Crippen molar-refractivity contribution in [3.05, 3.63) is 34.4 Å². The monoisotopic (exact) mass is 213 g/mol. The summed E-state index contributed by atoms with van der Waals surface area (Å²) in [4.78, 5) is 9.44. The molecule has 0 heterocycles. The standard InChI is InChI=1S/C6H5NO3.C4H10O/c8-6-4-2-1-3-5(6)7(9)10;1-3-5-4-2/h1-4,8H;3-4H2,1-2H3. The number of nitro groups is 1. The summed E-state index contributed by atoms with van der Waals surface area (Å²) in [7, 11) is 0. The Labute approximate surface area is 88.5 Å². The summed E-state index contributed by atoms with van der Waals surface area (Å²) < 4.78 is 4.83. The maximum atomic E-state index is 10.1. The Morgan fingerprint density at radius 2 is 1.87 bits per heavy atom. The molecule has 15 heavy (non-hydrogen) atoms. The van der Waals surface area contributed by atoms with Crippen LogP contribution in [0.4, 0.5) is 5.69 Å².